The van der Waals surface area contributed by atoms with Crippen LogP contribution >= 0.6 is 0 Å². The SMILES string of the molecule is CN(C)C1C(=O)C(C(N)=O)=C(O)[C@@]2(O)C(=O)C3=C(O)c4c(O)ccc(-c5ccc(NC(=O)NCCCO)cc5)c4C[C@H]3C[C@@H]12. The molecule has 13 nitrogen and oxygen atoms in total. The number of carbonyl (C=O) groups excluding carboxylic acids is 4. The van der Waals surface area contributed by atoms with E-state index >= 15 is 0 Å². The second-order valence-corrected chi connectivity index (χ2v) is 11.5. The van der Waals surface area contributed by atoms with Gasteiger partial charge < -0.3 is 41.9 Å². The molecule has 1 saturated carbocycles. The second-order valence-electron chi connectivity index (χ2n) is 11.5. The van der Waals surface area contributed by atoms with Crippen LogP contribution in [0.3, 0.4) is 0 Å². The quantitative estimate of drug-likeness (QED) is 0.166. The van der Waals surface area contributed by atoms with Gasteiger partial charge in [-0.25, -0.2) is 4.79 Å². The Bertz CT molecular complexity index is 1630. The van der Waals surface area contributed by atoms with Gasteiger partial charge in [0.2, 0.25) is 5.78 Å². The summed E-state index contributed by atoms with van der Waals surface area (Å²) in [5, 5.41) is 59.2. The Balaban J connectivity index is 1.56. The van der Waals surface area contributed by atoms with E-state index < -0.39 is 64.1 Å². The molecule has 3 amide bonds. The number of rotatable bonds is 7. The highest BCUT2D eigenvalue weighted by Gasteiger charge is 2.64. The van der Waals surface area contributed by atoms with Crippen molar-refractivity contribution in [3.05, 3.63) is 64.4 Å². The van der Waals surface area contributed by atoms with E-state index in [9.17, 15) is 39.6 Å². The van der Waals surface area contributed by atoms with Crippen LogP contribution in [0.15, 0.2) is 53.3 Å². The molecule has 0 spiro atoms. The molecular formula is C31H34N4O9. The van der Waals surface area contributed by atoms with Crippen molar-refractivity contribution in [2.45, 2.75) is 30.9 Å². The number of phenolic OH excluding ortho intramolecular Hbond substituents is 1. The summed E-state index contributed by atoms with van der Waals surface area (Å²) in [6, 6.07) is 8.26. The van der Waals surface area contributed by atoms with Crippen molar-refractivity contribution in [3.8, 4) is 16.9 Å². The number of urea groups is 1. The van der Waals surface area contributed by atoms with E-state index in [0.29, 0.717) is 35.3 Å². The molecule has 3 aliphatic carbocycles. The van der Waals surface area contributed by atoms with Crippen LogP contribution in [-0.2, 0) is 20.8 Å². The zero-order chi connectivity index (χ0) is 32.1. The fraction of sp³-hybridized carbons (Fsp3) is 0.355. The van der Waals surface area contributed by atoms with Gasteiger partial charge in [0, 0.05) is 30.3 Å². The number of phenols is 1. The number of benzene rings is 2. The van der Waals surface area contributed by atoms with Gasteiger partial charge >= 0.3 is 6.03 Å². The highest BCUT2D eigenvalue weighted by atomic mass is 16.3. The van der Waals surface area contributed by atoms with E-state index in [1.807, 2.05) is 0 Å². The Morgan fingerprint density at radius 1 is 1.07 bits per heavy atom. The molecule has 13 heteroatoms. The number of nitrogens with two attached hydrogens (primary N) is 1. The minimum atomic E-state index is -2.70. The van der Waals surface area contributed by atoms with E-state index in [1.54, 1.807) is 44.4 Å². The lowest BCUT2D eigenvalue weighted by atomic mass is 9.57. The van der Waals surface area contributed by atoms with Crippen molar-refractivity contribution in [1.29, 1.82) is 0 Å². The minimum Gasteiger partial charge on any atom is -0.508 e. The number of ketones is 2. The first-order valence-corrected chi connectivity index (χ1v) is 14.1. The predicted molar refractivity (Wildman–Crippen MR) is 158 cm³/mol. The highest BCUT2D eigenvalue weighted by Crippen LogP contribution is 2.53. The Labute approximate surface area is 252 Å². The van der Waals surface area contributed by atoms with Crippen LogP contribution < -0.4 is 16.4 Å². The maximum atomic E-state index is 14.0. The average Bonchev–Trinajstić information content (AvgIpc) is 2.95. The van der Waals surface area contributed by atoms with Gasteiger partial charge in [-0.15, -0.1) is 0 Å². The van der Waals surface area contributed by atoms with Gasteiger partial charge in [-0.1, -0.05) is 18.2 Å². The first-order valence-electron chi connectivity index (χ1n) is 14.1. The van der Waals surface area contributed by atoms with E-state index in [4.69, 9.17) is 10.8 Å². The van der Waals surface area contributed by atoms with Crippen molar-refractivity contribution in [1.82, 2.24) is 10.2 Å². The first kappa shape index (κ1) is 30.7. The Kier molecular flexibility index (Phi) is 7.97. The van der Waals surface area contributed by atoms with Crippen LogP contribution in [0.4, 0.5) is 10.5 Å². The summed E-state index contributed by atoms with van der Waals surface area (Å²) in [6.45, 7) is 0.269. The number of aromatic hydroxyl groups is 1. The third kappa shape index (κ3) is 4.78. The number of anilines is 1. The Hall–Kier alpha value is -4.72. The van der Waals surface area contributed by atoms with Crippen LogP contribution in [0.2, 0.25) is 0 Å². The molecule has 1 fully saturated rings. The number of hydrogen-bond donors (Lipinski definition) is 8. The normalized spacial score (nSPS) is 24.5. The Morgan fingerprint density at radius 2 is 1.75 bits per heavy atom. The summed E-state index contributed by atoms with van der Waals surface area (Å²) in [6.07, 6.45) is 0.549. The van der Waals surface area contributed by atoms with E-state index in [1.165, 1.54) is 11.0 Å². The molecule has 9 N–H and O–H groups in total. The monoisotopic (exact) mass is 606 g/mol. The van der Waals surface area contributed by atoms with Crippen LogP contribution in [0.1, 0.15) is 24.0 Å². The number of aliphatic hydroxyl groups is 4. The number of likely N-dealkylation sites (N-methyl/N-ethyl adjacent to an activating group) is 1. The number of Topliss-reactive ketones (excluding diaryl/α,β-unsaturated/α-hetero) is 2. The summed E-state index contributed by atoms with van der Waals surface area (Å²) < 4.78 is 0. The molecule has 0 bridgehead atoms. The van der Waals surface area contributed by atoms with Gasteiger partial charge in [0.15, 0.2) is 11.4 Å². The maximum Gasteiger partial charge on any atom is 0.319 e. The second kappa shape index (κ2) is 11.4. The number of carbonyl (C=O) groups is 4. The van der Waals surface area contributed by atoms with Crippen LogP contribution in [0.25, 0.3) is 16.9 Å². The molecule has 44 heavy (non-hydrogen) atoms. The zero-order valence-electron chi connectivity index (χ0n) is 24.1. The van der Waals surface area contributed by atoms with E-state index in [2.05, 4.69) is 10.6 Å². The standard InChI is InChI=1S/C31H34N4O9/c1-35(2)24-19-13-15-12-18-17(14-4-6-16(7-5-14)34-30(43)33-10-3-11-36)8-9-20(37)22(18)25(38)21(15)27(40)31(19,44)28(41)23(26(24)39)29(32)42/h4-9,15,19,24,36-38,41,44H,3,10-13H2,1-2H3,(H2,32,42)(H2,33,34,43)/t15-,19-,24?,31-/m0/s1. The summed E-state index contributed by atoms with van der Waals surface area (Å²) in [5.41, 5.74) is 3.92. The third-order valence-corrected chi connectivity index (χ3v) is 8.68. The Morgan fingerprint density at radius 3 is 2.36 bits per heavy atom. The number of fused-ring (bicyclic) bond motifs is 3. The summed E-state index contributed by atoms with van der Waals surface area (Å²) in [4.78, 5) is 52.9. The number of nitrogens with zero attached hydrogens (tertiary/aromatic N) is 1. The average molecular weight is 607 g/mol. The van der Waals surface area contributed by atoms with Gasteiger partial charge in [-0.3, -0.25) is 19.3 Å². The van der Waals surface area contributed by atoms with Crippen LogP contribution in [0.5, 0.6) is 5.75 Å². The molecule has 0 heterocycles. The lowest BCUT2D eigenvalue weighted by molar-refractivity contribution is -0.153. The number of aliphatic hydroxyl groups excluding tert-OH is 3. The number of nitrogens with one attached hydrogen (secondary N) is 2. The molecule has 4 atom stereocenters. The molecule has 2 aromatic carbocycles. The van der Waals surface area contributed by atoms with E-state index in [0.717, 1.165) is 0 Å². The minimum absolute atomic E-state index is 0.00995. The maximum absolute atomic E-state index is 14.0. The fourth-order valence-electron chi connectivity index (χ4n) is 6.70. The summed E-state index contributed by atoms with van der Waals surface area (Å²) in [5.74, 6) is -7.08. The van der Waals surface area contributed by atoms with Crippen molar-refractivity contribution in [2.75, 3.05) is 32.6 Å². The van der Waals surface area contributed by atoms with E-state index in [-0.39, 0.29) is 36.3 Å². The topological polar surface area (TPSA) is 223 Å². The van der Waals surface area contributed by atoms with Crippen molar-refractivity contribution >= 4 is 35.0 Å². The van der Waals surface area contributed by atoms with Crippen LogP contribution in [0, 0.1) is 11.8 Å². The lowest BCUT2D eigenvalue weighted by Gasteiger charge is -2.50. The highest BCUT2D eigenvalue weighted by molar-refractivity contribution is 6.24. The molecule has 0 radical (unpaired) electrons. The molecule has 2 aromatic rings. The smallest absolute Gasteiger partial charge is 0.319 e. The molecule has 3 aliphatic rings. The molecule has 5 rings (SSSR count). The molecule has 1 unspecified atom stereocenters. The molecule has 0 saturated heterocycles. The van der Waals surface area contributed by atoms with Gasteiger partial charge in [0.1, 0.15) is 22.8 Å². The van der Waals surface area contributed by atoms with Crippen LogP contribution in [-0.4, -0.2) is 92.8 Å². The molecule has 0 aromatic heterocycles. The van der Waals surface area contributed by atoms with Crippen molar-refractivity contribution in [2.24, 2.45) is 17.6 Å². The summed E-state index contributed by atoms with van der Waals surface area (Å²) in [7, 11) is 3.09. The van der Waals surface area contributed by atoms with Crippen molar-refractivity contribution in [3.63, 3.8) is 0 Å². The summed E-state index contributed by atoms with van der Waals surface area (Å²) >= 11 is 0. The van der Waals surface area contributed by atoms with Gasteiger partial charge in [0.25, 0.3) is 5.91 Å². The zero-order valence-corrected chi connectivity index (χ0v) is 24.1. The van der Waals surface area contributed by atoms with Gasteiger partial charge in [0.05, 0.1) is 11.6 Å². The number of primary amides is 1. The molecule has 0 aliphatic heterocycles. The number of amides is 3. The molecular weight excluding hydrogens is 572 g/mol. The first-order chi connectivity index (χ1) is 20.8. The van der Waals surface area contributed by atoms with Crippen molar-refractivity contribution < 1.29 is 44.7 Å². The van der Waals surface area contributed by atoms with Gasteiger partial charge in [-0.05, 0) is 74.2 Å². The fourth-order valence-corrected chi connectivity index (χ4v) is 6.70. The molecule has 232 valence electrons. The van der Waals surface area contributed by atoms with Gasteiger partial charge in [-0.2, -0.15) is 0 Å². The largest absolute Gasteiger partial charge is 0.508 e. The third-order valence-electron chi connectivity index (χ3n) is 8.68. The number of hydrogen-bond acceptors (Lipinski definition) is 10. The lowest BCUT2D eigenvalue weighted by Crippen LogP contribution is -2.65. The predicted octanol–water partition coefficient (Wildman–Crippen LogP) is 1.13.